The Morgan fingerprint density at radius 3 is 3.05 bits per heavy atom. The van der Waals surface area contributed by atoms with Crippen molar-refractivity contribution in [3.8, 4) is 0 Å². The fraction of sp³-hybridized carbons (Fsp3) is 0.286. The van der Waals surface area contributed by atoms with Crippen LogP contribution >= 0.6 is 23.4 Å². The Bertz CT molecular complexity index is 620. The number of amides is 1. The van der Waals surface area contributed by atoms with E-state index in [1.165, 1.54) is 0 Å². The molecule has 1 heterocycles. The van der Waals surface area contributed by atoms with E-state index in [1.807, 2.05) is 18.4 Å². The van der Waals surface area contributed by atoms with Crippen molar-refractivity contribution in [3.05, 3.63) is 35.5 Å². The van der Waals surface area contributed by atoms with Crippen molar-refractivity contribution in [3.63, 3.8) is 0 Å². The van der Waals surface area contributed by atoms with Crippen LogP contribution in [0.3, 0.4) is 0 Å². The second-order valence-corrected chi connectivity index (χ2v) is 5.76. The van der Waals surface area contributed by atoms with Gasteiger partial charge in [0.25, 0.3) is 0 Å². The fourth-order valence-corrected chi connectivity index (χ4v) is 2.55. The lowest BCUT2D eigenvalue weighted by Crippen LogP contribution is -2.36. The molecule has 1 aromatic heterocycles. The standard InChI is InChI=1S/C14H16ClN3OS/c1-20-8-6-11(16)14(19)18-12-5-4-10(15)9-3-2-7-17-13(9)12/h2-5,7,11H,6,8,16H2,1H3,(H,18,19)/t11-/m0/s1. The monoisotopic (exact) mass is 309 g/mol. The molecule has 0 saturated heterocycles. The van der Waals surface area contributed by atoms with Crippen LogP contribution in [0.4, 0.5) is 5.69 Å². The quantitative estimate of drug-likeness (QED) is 0.891. The summed E-state index contributed by atoms with van der Waals surface area (Å²) in [5.74, 6) is 0.655. The Morgan fingerprint density at radius 2 is 2.30 bits per heavy atom. The first kappa shape index (κ1) is 15.1. The highest BCUT2D eigenvalue weighted by atomic mass is 35.5. The van der Waals surface area contributed by atoms with Crippen LogP contribution in [0.5, 0.6) is 0 Å². The number of hydrogen-bond donors (Lipinski definition) is 2. The van der Waals surface area contributed by atoms with E-state index in [1.54, 1.807) is 30.1 Å². The van der Waals surface area contributed by atoms with Gasteiger partial charge in [0.05, 0.1) is 22.3 Å². The van der Waals surface area contributed by atoms with E-state index in [4.69, 9.17) is 17.3 Å². The summed E-state index contributed by atoms with van der Waals surface area (Å²) in [4.78, 5) is 16.3. The van der Waals surface area contributed by atoms with Gasteiger partial charge in [0, 0.05) is 11.6 Å². The number of nitrogens with zero attached hydrogens (tertiary/aromatic N) is 1. The summed E-state index contributed by atoms with van der Waals surface area (Å²) in [6.07, 6.45) is 4.30. The first-order valence-electron chi connectivity index (χ1n) is 6.22. The van der Waals surface area contributed by atoms with Gasteiger partial charge in [0.2, 0.25) is 5.91 Å². The van der Waals surface area contributed by atoms with E-state index in [0.29, 0.717) is 22.6 Å². The Morgan fingerprint density at radius 1 is 1.50 bits per heavy atom. The van der Waals surface area contributed by atoms with Gasteiger partial charge in [-0.15, -0.1) is 0 Å². The molecule has 4 nitrogen and oxygen atoms in total. The highest BCUT2D eigenvalue weighted by Crippen LogP contribution is 2.28. The van der Waals surface area contributed by atoms with Crippen LogP contribution in [0, 0.1) is 0 Å². The van der Waals surface area contributed by atoms with Gasteiger partial charge in [-0.25, -0.2) is 0 Å². The molecule has 0 aliphatic heterocycles. The predicted octanol–water partition coefficient (Wildman–Crippen LogP) is 2.91. The van der Waals surface area contributed by atoms with Crippen molar-refractivity contribution in [1.82, 2.24) is 4.98 Å². The zero-order chi connectivity index (χ0) is 14.5. The summed E-state index contributed by atoms with van der Waals surface area (Å²) in [6, 6.07) is 6.65. The van der Waals surface area contributed by atoms with Gasteiger partial charge >= 0.3 is 0 Å². The minimum atomic E-state index is -0.517. The van der Waals surface area contributed by atoms with Crippen molar-refractivity contribution >= 4 is 45.9 Å². The molecule has 3 N–H and O–H groups in total. The number of pyridine rings is 1. The van der Waals surface area contributed by atoms with Crippen LogP contribution in [0.25, 0.3) is 10.9 Å². The number of nitrogens with two attached hydrogens (primary N) is 1. The molecule has 0 bridgehead atoms. The van der Waals surface area contributed by atoms with Crippen LogP contribution in [-0.2, 0) is 4.79 Å². The maximum atomic E-state index is 12.0. The van der Waals surface area contributed by atoms with E-state index in [9.17, 15) is 4.79 Å². The van der Waals surface area contributed by atoms with Crippen LogP contribution in [-0.4, -0.2) is 28.9 Å². The van der Waals surface area contributed by atoms with Gasteiger partial charge in [-0.3, -0.25) is 9.78 Å². The maximum absolute atomic E-state index is 12.0. The zero-order valence-electron chi connectivity index (χ0n) is 11.1. The summed E-state index contributed by atoms with van der Waals surface area (Å²) >= 11 is 7.78. The largest absolute Gasteiger partial charge is 0.323 e. The number of anilines is 1. The number of carbonyl (C=O) groups is 1. The van der Waals surface area contributed by atoms with E-state index in [0.717, 1.165) is 11.1 Å². The van der Waals surface area contributed by atoms with Gasteiger partial charge in [0.15, 0.2) is 0 Å². The zero-order valence-corrected chi connectivity index (χ0v) is 12.7. The number of rotatable bonds is 5. The molecule has 0 saturated carbocycles. The van der Waals surface area contributed by atoms with Crippen molar-refractivity contribution in [2.75, 3.05) is 17.3 Å². The molecular weight excluding hydrogens is 294 g/mol. The lowest BCUT2D eigenvalue weighted by atomic mass is 10.1. The molecule has 0 spiro atoms. The molecule has 20 heavy (non-hydrogen) atoms. The average Bonchev–Trinajstić information content (AvgIpc) is 2.47. The Labute approximate surface area is 127 Å². The van der Waals surface area contributed by atoms with Crippen LogP contribution in [0.2, 0.25) is 5.02 Å². The molecule has 0 unspecified atom stereocenters. The summed E-state index contributed by atoms with van der Waals surface area (Å²) in [5, 5.41) is 4.25. The normalized spacial score (nSPS) is 12.3. The lowest BCUT2D eigenvalue weighted by molar-refractivity contribution is -0.117. The SMILES string of the molecule is CSCC[C@H](N)C(=O)Nc1ccc(Cl)c2cccnc12. The minimum Gasteiger partial charge on any atom is -0.323 e. The molecule has 6 heteroatoms. The highest BCUT2D eigenvalue weighted by molar-refractivity contribution is 7.98. The second-order valence-electron chi connectivity index (χ2n) is 4.37. The summed E-state index contributed by atoms with van der Waals surface area (Å²) in [5.41, 5.74) is 7.16. The summed E-state index contributed by atoms with van der Waals surface area (Å²) < 4.78 is 0. The fourth-order valence-electron chi connectivity index (χ4n) is 1.84. The molecule has 1 aromatic carbocycles. The van der Waals surface area contributed by atoms with Gasteiger partial charge < -0.3 is 11.1 Å². The van der Waals surface area contributed by atoms with Crippen molar-refractivity contribution in [2.45, 2.75) is 12.5 Å². The number of halogens is 1. The third kappa shape index (κ3) is 3.42. The van der Waals surface area contributed by atoms with E-state index in [2.05, 4.69) is 10.3 Å². The van der Waals surface area contributed by atoms with Crippen LogP contribution < -0.4 is 11.1 Å². The molecule has 2 aromatic rings. The first-order valence-corrected chi connectivity index (χ1v) is 7.99. The number of nitrogens with one attached hydrogen (secondary N) is 1. The summed E-state index contributed by atoms with van der Waals surface area (Å²) in [6.45, 7) is 0. The topological polar surface area (TPSA) is 68.0 Å². The minimum absolute atomic E-state index is 0.201. The average molecular weight is 310 g/mol. The highest BCUT2D eigenvalue weighted by Gasteiger charge is 2.15. The molecule has 0 fully saturated rings. The third-order valence-electron chi connectivity index (χ3n) is 2.94. The second kappa shape index (κ2) is 6.92. The van der Waals surface area contributed by atoms with Crippen molar-refractivity contribution < 1.29 is 4.79 Å². The van der Waals surface area contributed by atoms with Gasteiger partial charge in [-0.2, -0.15) is 11.8 Å². The first-order chi connectivity index (χ1) is 9.63. The lowest BCUT2D eigenvalue weighted by Gasteiger charge is -2.13. The van der Waals surface area contributed by atoms with E-state index >= 15 is 0 Å². The molecular formula is C14H16ClN3OS. The number of hydrogen-bond acceptors (Lipinski definition) is 4. The van der Waals surface area contributed by atoms with Crippen molar-refractivity contribution in [1.29, 1.82) is 0 Å². The Kier molecular flexibility index (Phi) is 5.23. The molecule has 1 atom stereocenters. The molecule has 0 aliphatic carbocycles. The van der Waals surface area contributed by atoms with Gasteiger partial charge in [-0.1, -0.05) is 11.6 Å². The number of aromatic nitrogens is 1. The maximum Gasteiger partial charge on any atom is 0.241 e. The molecule has 0 radical (unpaired) electrons. The number of fused-ring (bicyclic) bond motifs is 1. The number of carbonyl (C=O) groups excluding carboxylic acids is 1. The number of benzene rings is 1. The van der Waals surface area contributed by atoms with E-state index < -0.39 is 6.04 Å². The predicted molar refractivity (Wildman–Crippen MR) is 86.4 cm³/mol. The molecule has 1 amide bonds. The van der Waals surface area contributed by atoms with Gasteiger partial charge in [0.1, 0.15) is 0 Å². The van der Waals surface area contributed by atoms with Gasteiger partial charge in [-0.05, 0) is 42.7 Å². The number of thioether (sulfide) groups is 1. The molecule has 106 valence electrons. The third-order valence-corrected chi connectivity index (χ3v) is 3.92. The van der Waals surface area contributed by atoms with Crippen LogP contribution in [0.1, 0.15) is 6.42 Å². The van der Waals surface area contributed by atoms with E-state index in [-0.39, 0.29) is 5.91 Å². The summed E-state index contributed by atoms with van der Waals surface area (Å²) in [7, 11) is 0. The molecule has 0 aliphatic rings. The Balaban J connectivity index is 2.22. The van der Waals surface area contributed by atoms with Crippen molar-refractivity contribution in [2.24, 2.45) is 5.73 Å². The molecule has 2 rings (SSSR count). The Hall–Kier alpha value is -1.30. The van der Waals surface area contributed by atoms with Crippen LogP contribution in [0.15, 0.2) is 30.5 Å². The smallest absolute Gasteiger partial charge is 0.241 e.